The molecule has 0 aliphatic heterocycles. The number of tetrazole rings is 1. The Bertz CT molecular complexity index is 1420. The van der Waals surface area contributed by atoms with Gasteiger partial charge in [0.05, 0.1) is 11.3 Å². The van der Waals surface area contributed by atoms with Gasteiger partial charge in [0.15, 0.2) is 5.01 Å². The molecule has 0 saturated heterocycles. The van der Waals surface area contributed by atoms with E-state index in [0.717, 1.165) is 16.3 Å². The van der Waals surface area contributed by atoms with E-state index in [1.165, 1.54) is 19.3 Å². The lowest BCUT2D eigenvalue weighted by molar-refractivity contribution is 0.102. The fourth-order valence-corrected chi connectivity index (χ4v) is 4.26. The lowest BCUT2D eigenvalue weighted by Gasteiger charge is -2.22. The number of H-pyrrole nitrogens is 1. The second-order valence-electron chi connectivity index (χ2n) is 7.63. The third-order valence-electron chi connectivity index (χ3n) is 5.50. The maximum absolute atomic E-state index is 12.9. The van der Waals surface area contributed by atoms with Gasteiger partial charge in [-0.2, -0.15) is 5.21 Å². The van der Waals surface area contributed by atoms with Crippen molar-refractivity contribution in [1.29, 1.82) is 0 Å². The zero-order chi connectivity index (χ0) is 22.6. The Morgan fingerprint density at radius 3 is 2.85 bits per heavy atom. The first-order valence-corrected chi connectivity index (χ1v) is 11.3. The van der Waals surface area contributed by atoms with Crippen molar-refractivity contribution < 1.29 is 4.79 Å². The van der Waals surface area contributed by atoms with Gasteiger partial charge in [0.2, 0.25) is 5.82 Å². The van der Waals surface area contributed by atoms with Crippen molar-refractivity contribution in [2.75, 3.05) is 5.32 Å². The van der Waals surface area contributed by atoms with E-state index in [4.69, 9.17) is 6.42 Å². The molecule has 8 heteroatoms. The van der Waals surface area contributed by atoms with E-state index in [-0.39, 0.29) is 5.91 Å². The molecule has 0 bridgehead atoms. The predicted octanol–water partition coefficient (Wildman–Crippen LogP) is 4.22. The van der Waals surface area contributed by atoms with E-state index >= 15 is 0 Å². The summed E-state index contributed by atoms with van der Waals surface area (Å²) in [4.78, 5) is 17.5. The second-order valence-corrected chi connectivity index (χ2v) is 8.49. The van der Waals surface area contributed by atoms with Crippen molar-refractivity contribution in [2.24, 2.45) is 0 Å². The molecule has 2 aromatic heterocycles. The van der Waals surface area contributed by atoms with Gasteiger partial charge in [-0.15, -0.1) is 28.0 Å². The minimum absolute atomic E-state index is 0.308. The largest absolute Gasteiger partial charge is 0.322 e. The predicted molar refractivity (Wildman–Crippen MR) is 127 cm³/mol. The molecular formula is C25H18N6OS. The van der Waals surface area contributed by atoms with Crippen molar-refractivity contribution in [1.82, 2.24) is 25.6 Å². The molecule has 160 valence electrons. The fourth-order valence-electron chi connectivity index (χ4n) is 3.52. The highest BCUT2D eigenvalue weighted by atomic mass is 32.1. The van der Waals surface area contributed by atoms with E-state index < -0.39 is 0 Å². The Hall–Kier alpha value is -4.27. The number of aromatic nitrogens is 5. The summed E-state index contributed by atoms with van der Waals surface area (Å²) in [5.41, 5.74) is 4.08. The molecule has 2 N–H and O–H groups in total. The van der Waals surface area contributed by atoms with Gasteiger partial charge in [0, 0.05) is 33.7 Å². The van der Waals surface area contributed by atoms with Crippen molar-refractivity contribution >= 4 is 22.9 Å². The summed E-state index contributed by atoms with van der Waals surface area (Å²) >= 11 is 1.57. The highest BCUT2D eigenvalue weighted by Gasteiger charge is 2.21. The van der Waals surface area contributed by atoms with Gasteiger partial charge in [0.1, 0.15) is 0 Å². The Morgan fingerprint density at radius 2 is 2.09 bits per heavy atom. The zero-order valence-corrected chi connectivity index (χ0v) is 18.3. The molecule has 0 atom stereocenters. The van der Waals surface area contributed by atoms with Gasteiger partial charge in [-0.3, -0.25) is 4.79 Å². The van der Waals surface area contributed by atoms with E-state index in [9.17, 15) is 4.79 Å². The van der Waals surface area contributed by atoms with Crippen LogP contribution >= 0.6 is 11.3 Å². The van der Waals surface area contributed by atoms with E-state index in [1.54, 1.807) is 29.5 Å². The van der Waals surface area contributed by atoms with Crippen molar-refractivity contribution in [2.45, 2.75) is 25.2 Å². The van der Waals surface area contributed by atoms with Crippen LogP contribution in [0.25, 0.3) is 11.4 Å². The average Bonchev–Trinajstić information content (AvgIpc) is 3.49. The topological polar surface area (TPSA) is 96.5 Å². The number of hydrogen-bond donors (Lipinski definition) is 2. The molecule has 4 aromatic rings. The number of terminal acetylenes is 1. The van der Waals surface area contributed by atoms with Gasteiger partial charge in [-0.05, 0) is 54.3 Å². The molecule has 1 aliphatic carbocycles. The first kappa shape index (κ1) is 20.6. The zero-order valence-electron chi connectivity index (χ0n) is 17.5. The maximum Gasteiger partial charge on any atom is 0.256 e. The standard InChI is InChI=1S/C25H18N6OS/c1-2-17-14-19(24-28-30-31-29-24)10-11-21(17)25(32)26-20-8-3-5-16(13-20)9-12-23-27-22(15-33-23)18-6-4-7-18/h1,3,5,8,10-11,13-15,18H,4,6-7H2,(H,26,32)(H,28,29,30,31). The van der Waals surface area contributed by atoms with E-state index in [2.05, 4.69) is 54.1 Å². The highest BCUT2D eigenvalue weighted by molar-refractivity contribution is 7.10. The van der Waals surface area contributed by atoms with Crippen LogP contribution in [-0.2, 0) is 0 Å². The molecule has 2 aromatic carbocycles. The second kappa shape index (κ2) is 9.07. The average molecular weight is 451 g/mol. The van der Waals surface area contributed by atoms with Gasteiger partial charge in [-0.1, -0.05) is 30.4 Å². The lowest BCUT2D eigenvalue weighted by atomic mass is 9.83. The number of carbonyl (C=O) groups excluding carboxylic acids is 1. The SMILES string of the molecule is C#Cc1cc(-c2nn[nH]n2)ccc1C(=O)Nc1cccc(C#Cc2nc(C3CCC3)cs2)c1. The van der Waals surface area contributed by atoms with Crippen LogP contribution < -0.4 is 5.32 Å². The Balaban J connectivity index is 1.31. The molecule has 0 radical (unpaired) electrons. The first-order valence-electron chi connectivity index (χ1n) is 10.4. The Morgan fingerprint density at radius 1 is 1.18 bits per heavy atom. The minimum atomic E-state index is -0.308. The summed E-state index contributed by atoms with van der Waals surface area (Å²) in [6.07, 6.45) is 9.37. The van der Waals surface area contributed by atoms with Gasteiger partial charge in [0.25, 0.3) is 5.91 Å². The molecule has 1 amide bonds. The summed E-state index contributed by atoms with van der Waals surface area (Å²) in [6, 6.07) is 12.5. The van der Waals surface area contributed by atoms with Crippen LogP contribution in [-0.4, -0.2) is 31.5 Å². The molecule has 33 heavy (non-hydrogen) atoms. The number of aromatic amines is 1. The number of thiazole rings is 1. The molecular weight excluding hydrogens is 432 g/mol. The summed E-state index contributed by atoms with van der Waals surface area (Å²) in [5, 5.41) is 19.6. The molecule has 1 fully saturated rings. The van der Waals surface area contributed by atoms with Crippen LogP contribution in [0.1, 0.15) is 57.4 Å². The van der Waals surface area contributed by atoms with Crippen molar-refractivity contribution in [3.63, 3.8) is 0 Å². The normalized spacial score (nSPS) is 12.8. The van der Waals surface area contributed by atoms with Crippen molar-refractivity contribution in [3.8, 4) is 35.6 Å². The third-order valence-corrected chi connectivity index (χ3v) is 6.28. The van der Waals surface area contributed by atoms with Crippen molar-refractivity contribution in [3.05, 3.63) is 75.2 Å². The van der Waals surface area contributed by atoms with Gasteiger partial charge in [-0.25, -0.2) is 4.98 Å². The van der Waals surface area contributed by atoms with Gasteiger partial charge < -0.3 is 5.32 Å². The summed E-state index contributed by atoms with van der Waals surface area (Å²) in [7, 11) is 0. The number of hydrogen-bond acceptors (Lipinski definition) is 6. The number of carbonyl (C=O) groups is 1. The molecule has 0 unspecified atom stereocenters. The van der Waals surface area contributed by atoms with Crippen LogP contribution in [0.3, 0.4) is 0 Å². The van der Waals surface area contributed by atoms with Crippen LogP contribution in [0, 0.1) is 24.2 Å². The highest BCUT2D eigenvalue weighted by Crippen LogP contribution is 2.36. The number of amides is 1. The number of benzene rings is 2. The number of nitrogens with zero attached hydrogens (tertiary/aromatic N) is 4. The smallest absolute Gasteiger partial charge is 0.256 e. The number of nitrogens with one attached hydrogen (secondary N) is 2. The molecule has 0 spiro atoms. The maximum atomic E-state index is 12.9. The summed E-state index contributed by atoms with van der Waals surface area (Å²) < 4.78 is 0. The molecule has 5 rings (SSSR count). The van der Waals surface area contributed by atoms with E-state index in [0.29, 0.717) is 34.1 Å². The number of anilines is 1. The molecule has 2 heterocycles. The molecule has 7 nitrogen and oxygen atoms in total. The number of rotatable bonds is 4. The van der Waals surface area contributed by atoms with Crippen LogP contribution in [0.5, 0.6) is 0 Å². The van der Waals surface area contributed by atoms with Gasteiger partial charge >= 0.3 is 0 Å². The Labute approximate surface area is 194 Å². The first-order chi connectivity index (χ1) is 16.2. The summed E-state index contributed by atoms with van der Waals surface area (Å²) in [6.45, 7) is 0. The third kappa shape index (κ3) is 4.52. The van der Waals surface area contributed by atoms with Crippen LogP contribution in [0.2, 0.25) is 0 Å². The Kier molecular flexibility index (Phi) is 5.67. The quantitative estimate of drug-likeness (QED) is 0.454. The molecule has 1 saturated carbocycles. The van der Waals surface area contributed by atoms with E-state index in [1.807, 2.05) is 24.3 Å². The van der Waals surface area contributed by atoms with Crippen LogP contribution in [0.15, 0.2) is 47.8 Å². The monoisotopic (exact) mass is 450 g/mol. The van der Waals surface area contributed by atoms with Crippen LogP contribution in [0.4, 0.5) is 5.69 Å². The fraction of sp³-hybridized carbons (Fsp3) is 0.160. The minimum Gasteiger partial charge on any atom is -0.322 e. The summed E-state index contributed by atoms with van der Waals surface area (Å²) in [5.74, 6) is 9.53. The lowest BCUT2D eigenvalue weighted by Crippen LogP contribution is -2.13. The molecule has 1 aliphatic rings.